The fourth-order valence-corrected chi connectivity index (χ4v) is 2.00. The van der Waals surface area contributed by atoms with Crippen LogP contribution in [0.5, 0.6) is 17.2 Å². The van der Waals surface area contributed by atoms with Gasteiger partial charge in [0.05, 0.1) is 19.9 Å². The van der Waals surface area contributed by atoms with Crippen molar-refractivity contribution in [3.05, 3.63) is 53.6 Å². The summed E-state index contributed by atoms with van der Waals surface area (Å²) in [6.07, 6.45) is 0. The van der Waals surface area contributed by atoms with E-state index in [2.05, 4.69) is 10.5 Å². The van der Waals surface area contributed by atoms with Gasteiger partial charge in [0, 0.05) is 17.2 Å². The SMILES string of the molecule is COc1ccc(/C(C)=N\NC(=O)c2cccc(O)c2)c(OC)c1. The average molecular weight is 314 g/mol. The van der Waals surface area contributed by atoms with Gasteiger partial charge in [-0.3, -0.25) is 4.79 Å². The highest BCUT2D eigenvalue weighted by molar-refractivity contribution is 6.02. The molecule has 0 heterocycles. The molecule has 2 N–H and O–H groups in total. The number of aromatic hydroxyl groups is 1. The van der Waals surface area contributed by atoms with E-state index >= 15 is 0 Å². The van der Waals surface area contributed by atoms with Gasteiger partial charge in [-0.1, -0.05) is 6.07 Å². The van der Waals surface area contributed by atoms with Gasteiger partial charge in [0.15, 0.2) is 0 Å². The van der Waals surface area contributed by atoms with Crippen molar-refractivity contribution in [1.29, 1.82) is 0 Å². The lowest BCUT2D eigenvalue weighted by Gasteiger charge is -2.10. The fraction of sp³-hybridized carbons (Fsp3) is 0.176. The lowest BCUT2D eigenvalue weighted by molar-refractivity contribution is 0.0954. The molecule has 0 unspecified atom stereocenters. The van der Waals surface area contributed by atoms with Crippen molar-refractivity contribution in [2.75, 3.05) is 14.2 Å². The molecule has 1 amide bonds. The van der Waals surface area contributed by atoms with Gasteiger partial charge in [0.1, 0.15) is 17.2 Å². The van der Waals surface area contributed by atoms with Crippen molar-refractivity contribution < 1.29 is 19.4 Å². The molecular weight excluding hydrogens is 296 g/mol. The molecule has 0 saturated carbocycles. The standard InChI is InChI=1S/C17H18N2O4/c1-11(15-8-7-14(22-2)10-16(15)23-3)18-19-17(21)12-5-4-6-13(20)9-12/h4-10,20H,1-3H3,(H,19,21)/b18-11-. The van der Waals surface area contributed by atoms with E-state index in [1.165, 1.54) is 12.1 Å². The minimum atomic E-state index is -0.410. The van der Waals surface area contributed by atoms with Gasteiger partial charge in [0.25, 0.3) is 5.91 Å². The molecule has 6 heteroatoms. The quantitative estimate of drug-likeness (QED) is 0.656. The summed E-state index contributed by atoms with van der Waals surface area (Å²) in [6, 6.07) is 11.4. The summed E-state index contributed by atoms with van der Waals surface area (Å²) >= 11 is 0. The molecule has 0 fully saturated rings. The van der Waals surface area contributed by atoms with E-state index in [1.54, 1.807) is 51.5 Å². The number of nitrogens with one attached hydrogen (secondary N) is 1. The van der Waals surface area contributed by atoms with Gasteiger partial charge >= 0.3 is 0 Å². The Bertz CT molecular complexity index is 741. The second-order valence-electron chi connectivity index (χ2n) is 4.75. The highest BCUT2D eigenvalue weighted by Gasteiger charge is 2.10. The lowest BCUT2D eigenvalue weighted by atomic mass is 10.1. The van der Waals surface area contributed by atoms with Crippen molar-refractivity contribution in [3.63, 3.8) is 0 Å². The van der Waals surface area contributed by atoms with Gasteiger partial charge in [-0.25, -0.2) is 5.43 Å². The van der Waals surface area contributed by atoms with E-state index in [-0.39, 0.29) is 5.75 Å². The third kappa shape index (κ3) is 4.00. The van der Waals surface area contributed by atoms with Gasteiger partial charge in [-0.05, 0) is 37.3 Å². The molecule has 2 rings (SSSR count). The maximum Gasteiger partial charge on any atom is 0.271 e. The smallest absolute Gasteiger partial charge is 0.271 e. The van der Waals surface area contributed by atoms with Gasteiger partial charge < -0.3 is 14.6 Å². The Labute approximate surface area is 134 Å². The van der Waals surface area contributed by atoms with Crippen LogP contribution in [0.1, 0.15) is 22.8 Å². The number of ether oxygens (including phenoxy) is 2. The zero-order valence-corrected chi connectivity index (χ0v) is 13.2. The van der Waals surface area contributed by atoms with E-state index in [0.717, 1.165) is 5.56 Å². The Balaban J connectivity index is 2.18. The number of phenolic OH excluding ortho intramolecular Hbond substituents is 1. The predicted molar refractivity (Wildman–Crippen MR) is 87.3 cm³/mol. The summed E-state index contributed by atoms with van der Waals surface area (Å²) in [4.78, 5) is 12.0. The first-order valence-corrected chi connectivity index (χ1v) is 6.91. The van der Waals surface area contributed by atoms with Crippen LogP contribution in [-0.4, -0.2) is 30.9 Å². The first-order chi connectivity index (χ1) is 11.0. The summed E-state index contributed by atoms with van der Waals surface area (Å²) < 4.78 is 10.5. The predicted octanol–water partition coefficient (Wildman–Crippen LogP) is 2.56. The molecule has 0 aromatic heterocycles. The summed E-state index contributed by atoms with van der Waals surface area (Å²) in [6.45, 7) is 1.76. The van der Waals surface area contributed by atoms with Crippen LogP contribution in [-0.2, 0) is 0 Å². The molecule has 0 aliphatic heterocycles. The topological polar surface area (TPSA) is 80.2 Å². The second kappa shape index (κ2) is 7.31. The summed E-state index contributed by atoms with van der Waals surface area (Å²) in [7, 11) is 3.13. The number of hydrogen-bond donors (Lipinski definition) is 2. The van der Waals surface area contributed by atoms with Crippen LogP contribution in [0.15, 0.2) is 47.6 Å². The third-order valence-corrected chi connectivity index (χ3v) is 3.23. The van der Waals surface area contributed by atoms with Gasteiger partial charge in [-0.2, -0.15) is 5.10 Å². The van der Waals surface area contributed by atoms with E-state index in [9.17, 15) is 9.90 Å². The molecular formula is C17H18N2O4. The number of methoxy groups -OCH3 is 2. The number of rotatable bonds is 5. The molecule has 23 heavy (non-hydrogen) atoms. The van der Waals surface area contributed by atoms with Crippen LogP contribution >= 0.6 is 0 Å². The van der Waals surface area contributed by atoms with Crippen molar-refractivity contribution in [1.82, 2.24) is 5.43 Å². The minimum Gasteiger partial charge on any atom is -0.508 e. The maximum absolute atomic E-state index is 12.0. The first kappa shape index (κ1) is 16.4. The monoisotopic (exact) mass is 314 g/mol. The summed E-state index contributed by atoms with van der Waals surface area (Å²) in [5, 5.41) is 13.5. The number of hydrazone groups is 1. The lowest BCUT2D eigenvalue weighted by Crippen LogP contribution is -2.19. The number of benzene rings is 2. The molecule has 0 bridgehead atoms. The highest BCUT2D eigenvalue weighted by atomic mass is 16.5. The molecule has 6 nitrogen and oxygen atoms in total. The largest absolute Gasteiger partial charge is 0.508 e. The first-order valence-electron chi connectivity index (χ1n) is 6.91. The molecule has 2 aromatic carbocycles. The molecule has 0 aliphatic rings. The molecule has 0 saturated heterocycles. The van der Waals surface area contributed by atoms with Gasteiger partial charge in [-0.15, -0.1) is 0 Å². The number of amides is 1. The van der Waals surface area contributed by atoms with Crippen LogP contribution in [0.2, 0.25) is 0 Å². The van der Waals surface area contributed by atoms with Crippen molar-refractivity contribution in [2.24, 2.45) is 5.10 Å². The average Bonchev–Trinajstić information content (AvgIpc) is 2.58. The Morgan fingerprint density at radius 3 is 2.57 bits per heavy atom. The van der Waals surface area contributed by atoms with Crippen LogP contribution in [0.3, 0.4) is 0 Å². The maximum atomic E-state index is 12.0. The van der Waals surface area contributed by atoms with Crippen LogP contribution in [0.25, 0.3) is 0 Å². The molecule has 0 aliphatic carbocycles. The zero-order valence-electron chi connectivity index (χ0n) is 13.2. The Morgan fingerprint density at radius 2 is 1.91 bits per heavy atom. The molecule has 120 valence electrons. The molecule has 0 radical (unpaired) electrons. The zero-order chi connectivity index (χ0) is 16.8. The van der Waals surface area contributed by atoms with Crippen molar-refractivity contribution in [3.8, 4) is 17.2 Å². The molecule has 0 spiro atoms. The summed E-state index contributed by atoms with van der Waals surface area (Å²) in [5.74, 6) is 0.877. The second-order valence-corrected chi connectivity index (χ2v) is 4.75. The normalized spacial score (nSPS) is 11.0. The molecule has 0 atom stereocenters. The number of hydrogen-bond acceptors (Lipinski definition) is 5. The van der Waals surface area contributed by atoms with Crippen molar-refractivity contribution in [2.45, 2.75) is 6.92 Å². The minimum absolute atomic E-state index is 0.0233. The number of phenols is 1. The number of carbonyl (C=O) groups is 1. The van der Waals surface area contributed by atoms with E-state index in [4.69, 9.17) is 9.47 Å². The number of carbonyl (C=O) groups excluding carboxylic acids is 1. The van der Waals surface area contributed by atoms with Crippen molar-refractivity contribution >= 4 is 11.6 Å². The highest BCUT2D eigenvalue weighted by Crippen LogP contribution is 2.25. The Morgan fingerprint density at radius 1 is 1.13 bits per heavy atom. The molecule has 2 aromatic rings. The van der Waals surface area contributed by atoms with Gasteiger partial charge in [0.2, 0.25) is 0 Å². The van der Waals surface area contributed by atoms with Crippen LogP contribution in [0, 0.1) is 0 Å². The number of nitrogens with zero attached hydrogens (tertiary/aromatic N) is 1. The summed E-state index contributed by atoms with van der Waals surface area (Å²) in [5.41, 5.74) is 4.10. The Hall–Kier alpha value is -3.02. The fourth-order valence-electron chi connectivity index (χ4n) is 2.00. The van der Waals surface area contributed by atoms with E-state index < -0.39 is 5.91 Å². The third-order valence-electron chi connectivity index (χ3n) is 3.23. The van der Waals surface area contributed by atoms with E-state index in [0.29, 0.717) is 22.8 Å². The van der Waals surface area contributed by atoms with Crippen LogP contribution < -0.4 is 14.9 Å². The van der Waals surface area contributed by atoms with E-state index in [1.807, 2.05) is 0 Å². The Kier molecular flexibility index (Phi) is 5.19. The van der Waals surface area contributed by atoms with Crippen LogP contribution in [0.4, 0.5) is 0 Å².